The van der Waals surface area contributed by atoms with Gasteiger partial charge in [0.05, 0.1) is 0 Å². The molecule has 2 fully saturated rings. The molecule has 20 heavy (non-hydrogen) atoms. The first-order valence-electron chi connectivity index (χ1n) is 7.28. The number of rotatable bonds is 2. The Kier molecular flexibility index (Phi) is 9.07. The zero-order valence-electron chi connectivity index (χ0n) is 12.6. The zero-order valence-corrected chi connectivity index (χ0v) is 14.2. The minimum absolute atomic E-state index is 0. The maximum atomic E-state index is 12.4. The van der Waals surface area contributed by atoms with Crippen molar-refractivity contribution >= 4 is 30.7 Å². The number of halogens is 2. The highest BCUT2D eigenvalue weighted by molar-refractivity contribution is 5.85. The highest BCUT2D eigenvalue weighted by Gasteiger charge is 2.31. The molecule has 0 spiro atoms. The third-order valence-electron chi connectivity index (χ3n) is 4.57. The summed E-state index contributed by atoms with van der Waals surface area (Å²) in [5.74, 6) is 0.562. The van der Waals surface area contributed by atoms with Crippen molar-refractivity contribution in [2.24, 2.45) is 11.7 Å². The minimum atomic E-state index is 0. The van der Waals surface area contributed by atoms with Gasteiger partial charge in [-0.25, -0.2) is 0 Å². The Hall–Kier alpha value is -0.0300. The smallest absolute Gasteiger partial charge is 0.225 e. The van der Waals surface area contributed by atoms with Gasteiger partial charge in [0.2, 0.25) is 5.91 Å². The first kappa shape index (κ1) is 20.0. The van der Waals surface area contributed by atoms with Crippen LogP contribution >= 0.6 is 24.8 Å². The van der Waals surface area contributed by atoms with Gasteiger partial charge in [0.25, 0.3) is 0 Å². The van der Waals surface area contributed by atoms with Crippen molar-refractivity contribution in [2.75, 3.05) is 27.2 Å². The van der Waals surface area contributed by atoms with Crippen molar-refractivity contribution in [1.82, 2.24) is 9.80 Å². The highest BCUT2D eigenvalue weighted by Crippen LogP contribution is 2.26. The molecule has 2 unspecified atom stereocenters. The second kappa shape index (κ2) is 9.08. The van der Waals surface area contributed by atoms with Crippen LogP contribution in [0.5, 0.6) is 0 Å². The molecule has 0 aromatic carbocycles. The van der Waals surface area contributed by atoms with Gasteiger partial charge in [-0.15, -0.1) is 24.8 Å². The monoisotopic (exact) mass is 325 g/mol. The van der Waals surface area contributed by atoms with E-state index in [1.54, 1.807) is 0 Å². The summed E-state index contributed by atoms with van der Waals surface area (Å²) in [6.07, 6.45) is 6.36. The summed E-state index contributed by atoms with van der Waals surface area (Å²) in [4.78, 5) is 16.8. The Labute approximate surface area is 135 Å². The standard InChI is InChI=1S/C14H27N3O.2ClH/c1-16(2)13-6-8-17(9-7-13)14(18)11-4-3-5-12(15)10-11;;/h11-13H,3-10,15H2,1-2H3;2*1H. The molecule has 1 aliphatic carbocycles. The lowest BCUT2D eigenvalue weighted by Crippen LogP contribution is -2.47. The van der Waals surface area contributed by atoms with Crippen molar-refractivity contribution in [3.05, 3.63) is 0 Å². The maximum Gasteiger partial charge on any atom is 0.225 e. The average Bonchev–Trinajstić information content (AvgIpc) is 2.38. The van der Waals surface area contributed by atoms with Crippen molar-refractivity contribution in [3.8, 4) is 0 Å². The molecule has 0 aromatic rings. The fraction of sp³-hybridized carbons (Fsp3) is 0.929. The number of likely N-dealkylation sites (tertiary alicyclic amines) is 1. The number of hydrogen-bond donors (Lipinski definition) is 1. The average molecular weight is 326 g/mol. The third kappa shape index (κ3) is 5.06. The number of hydrogen-bond acceptors (Lipinski definition) is 3. The van der Waals surface area contributed by atoms with E-state index in [-0.39, 0.29) is 36.8 Å². The number of piperidine rings is 1. The lowest BCUT2D eigenvalue weighted by atomic mass is 9.85. The van der Waals surface area contributed by atoms with E-state index in [1.165, 1.54) is 0 Å². The molecule has 2 rings (SSSR count). The van der Waals surface area contributed by atoms with E-state index in [0.717, 1.165) is 51.6 Å². The molecule has 120 valence electrons. The van der Waals surface area contributed by atoms with Gasteiger partial charge in [0.1, 0.15) is 0 Å². The molecule has 1 heterocycles. The van der Waals surface area contributed by atoms with Crippen LogP contribution in [-0.4, -0.2) is 55.0 Å². The first-order valence-corrected chi connectivity index (χ1v) is 7.28. The number of carbonyl (C=O) groups excluding carboxylic acids is 1. The fourth-order valence-electron chi connectivity index (χ4n) is 3.31. The Morgan fingerprint density at radius 2 is 1.70 bits per heavy atom. The van der Waals surface area contributed by atoms with E-state index in [4.69, 9.17) is 5.73 Å². The van der Waals surface area contributed by atoms with E-state index in [9.17, 15) is 4.79 Å². The van der Waals surface area contributed by atoms with Crippen LogP contribution in [0.15, 0.2) is 0 Å². The number of nitrogens with two attached hydrogens (primary N) is 1. The minimum Gasteiger partial charge on any atom is -0.342 e. The first-order chi connectivity index (χ1) is 8.58. The number of carbonyl (C=O) groups is 1. The Balaban J connectivity index is 0.00000180. The normalized spacial score (nSPS) is 27.7. The zero-order chi connectivity index (χ0) is 13.1. The van der Waals surface area contributed by atoms with E-state index >= 15 is 0 Å². The van der Waals surface area contributed by atoms with Crippen LogP contribution in [0.2, 0.25) is 0 Å². The summed E-state index contributed by atoms with van der Waals surface area (Å²) >= 11 is 0. The molecule has 0 aromatic heterocycles. The molecule has 0 radical (unpaired) electrons. The number of amides is 1. The van der Waals surface area contributed by atoms with Gasteiger partial charge in [-0.2, -0.15) is 0 Å². The summed E-state index contributed by atoms with van der Waals surface area (Å²) in [7, 11) is 4.25. The van der Waals surface area contributed by atoms with Crippen molar-refractivity contribution in [1.29, 1.82) is 0 Å². The van der Waals surface area contributed by atoms with Crippen LogP contribution in [0.3, 0.4) is 0 Å². The molecule has 1 saturated heterocycles. The van der Waals surface area contributed by atoms with Crippen molar-refractivity contribution in [3.63, 3.8) is 0 Å². The van der Waals surface area contributed by atoms with Crippen LogP contribution in [0.1, 0.15) is 38.5 Å². The molecule has 0 bridgehead atoms. The van der Waals surface area contributed by atoms with Crippen LogP contribution in [0.4, 0.5) is 0 Å². The van der Waals surface area contributed by atoms with Crippen LogP contribution in [0, 0.1) is 5.92 Å². The molecular formula is C14H29Cl2N3O. The van der Waals surface area contributed by atoms with Gasteiger partial charge < -0.3 is 15.5 Å². The van der Waals surface area contributed by atoms with Crippen molar-refractivity contribution < 1.29 is 4.79 Å². The van der Waals surface area contributed by atoms with Gasteiger partial charge in [0, 0.05) is 31.1 Å². The summed E-state index contributed by atoms with van der Waals surface area (Å²) < 4.78 is 0. The molecule has 4 nitrogen and oxygen atoms in total. The molecule has 1 aliphatic heterocycles. The molecule has 2 aliphatic rings. The highest BCUT2D eigenvalue weighted by atomic mass is 35.5. The predicted octanol–water partition coefficient (Wildman–Crippen LogP) is 1.90. The second-order valence-corrected chi connectivity index (χ2v) is 6.14. The molecule has 2 atom stereocenters. The second-order valence-electron chi connectivity index (χ2n) is 6.14. The lowest BCUT2D eigenvalue weighted by molar-refractivity contribution is -0.138. The topological polar surface area (TPSA) is 49.6 Å². The Bertz CT molecular complexity index is 294. The van der Waals surface area contributed by atoms with E-state index in [2.05, 4.69) is 23.9 Å². The predicted molar refractivity (Wildman–Crippen MR) is 87.7 cm³/mol. The van der Waals surface area contributed by atoms with Crippen molar-refractivity contribution in [2.45, 2.75) is 50.6 Å². The molecule has 1 saturated carbocycles. The molecule has 6 heteroatoms. The SMILES string of the molecule is CN(C)C1CCN(C(=O)C2CCCC(N)C2)CC1.Cl.Cl. The van der Waals surface area contributed by atoms with Gasteiger partial charge in [-0.1, -0.05) is 6.42 Å². The van der Waals surface area contributed by atoms with Gasteiger partial charge in [-0.3, -0.25) is 4.79 Å². The van der Waals surface area contributed by atoms with Gasteiger partial charge in [-0.05, 0) is 46.2 Å². The lowest BCUT2D eigenvalue weighted by Gasteiger charge is -2.38. The molecule has 1 amide bonds. The third-order valence-corrected chi connectivity index (χ3v) is 4.57. The van der Waals surface area contributed by atoms with Crippen LogP contribution < -0.4 is 5.73 Å². The molecular weight excluding hydrogens is 297 g/mol. The summed E-state index contributed by atoms with van der Waals surface area (Å²) in [5.41, 5.74) is 5.98. The largest absolute Gasteiger partial charge is 0.342 e. The van der Waals surface area contributed by atoms with E-state index in [1.807, 2.05) is 0 Å². The Morgan fingerprint density at radius 3 is 2.20 bits per heavy atom. The van der Waals surface area contributed by atoms with E-state index in [0.29, 0.717) is 11.9 Å². The fourth-order valence-corrected chi connectivity index (χ4v) is 3.31. The van der Waals surface area contributed by atoms with Crippen LogP contribution in [0.25, 0.3) is 0 Å². The maximum absolute atomic E-state index is 12.4. The summed E-state index contributed by atoms with van der Waals surface area (Å²) in [6, 6.07) is 0.884. The van der Waals surface area contributed by atoms with Gasteiger partial charge >= 0.3 is 0 Å². The quantitative estimate of drug-likeness (QED) is 0.843. The Morgan fingerprint density at radius 1 is 1.10 bits per heavy atom. The van der Waals surface area contributed by atoms with Gasteiger partial charge in [0.15, 0.2) is 0 Å². The number of nitrogens with zero attached hydrogens (tertiary/aromatic N) is 2. The van der Waals surface area contributed by atoms with E-state index < -0.39 is 0 Å². The summed E-state index contributed by atoms with van der Waals surface area (Å²) in [6.45, 7) is 1.85. The summed E-state index contributed by atoms with van der Waals surface area (Å²) in [5, 5.41) is 0. The molecule has 2 N–H and O–H groups in total. The van der Waals surface area contributed by atoms with Crippen LogP contribution in [-0.2, 0) is 4.79 Å².